The van der Waals surface area contributed by atoms with Crippen molar-refractivity contribution in [2.45, 2.75) is 69.9 Å². The van der Waals surface area contributed by atoms with Gasteiger partial charge in [-0.3, -0.25) is 0 Å². The quantitative estimate of drug-likeness (QED) is 0.739. The van der Waals surface area contributed by atoms with E-state index in [-0.39, 0.29) is 17.1 Å². The fourth-order valence-corrected chi connectivity index (χ4v) is 5.09. The van der Waals surface area contributed by atoms with Crippen LogP contribution in [-0.2, 0) is 0 Å². The molecule has 1 unspecified atom stereocenters. The van der Waals surface area contributed by atoms with Gasteiger partial charge in [-0.2, -0.15) is 0 Å². The standard InChI is InChI=1S/C16H29N3O/c1-3-15(2,10-17)18-14(20)19-16-7-11-4-12(8-16)6-13(5-11)9-16/h11-13H,3-10,17H2,1-2H3,(H2,18,19,20). The predicted molar refractivity (Wildman–Crippen MR) is 80.3 cm³/mol. The Kier molecular flexibility index (Phi) is 3.47. The molecule has 4 heteroatoms. The highest BCUT2D eigenvalue weighted by Crippen LogP contribution is 2.55. The molecule has 0 saturated heterocycles. The molecule has 0 spiro atoms. The maximum atomic E-state index is 12.4. The molecule has 1 atom stereocenters. The molecule has 4 bridgehead atoms. The van der Waals surface area contributed by atoms with E-state index in [1.165, 1.54) is 38.5 Å². The second-order valence-corrected chi connectivity index (χ2v) is 7.90. The Morgan fingerprint density at radius 1 is 1.20 bits per heavy atom. The maximum Gasteiger partial charge on any atom is 0.315 e. The highest BCUT2D eigenvalue weighted by Gasteiger charge is 2.51. The van der Waals surface area contributed by atoms with Gasteiger partial charge in [0.15, 0.2) is 0 Å². The van der Waals surface area contributed by atoms with Gasteiger partial charge in [0.1, 0.15) is 0 Å². The summed E-state index contributed by atoms with van der Waals surface area (Å²) in [4.78, 5) is 12.4. The predicted octanol–water partition coefficient (Wildman–Crippen LogP) is 2.38. The van der Waals surface area contributed by atoms with Crippen molar-refractivity contribution in [3.8, 4) is 0 Å². The van der Waals surface area contributed by atoms with Crippen LogP contribution in [0.5, 0.6) is 0 Å². The summed E-state index contributed by atoms with van der Waals surface area (Å²) in [6.45, 7) is 4.57. The van der Waals surface area contributed by atoms with Crippen molar-refractivity contribution in [3.05, 3.63) is 0 Å². The minimum Gasteiger partial charge on any atom is -0.333 e. The van der Waals surface area contributed by atoms with Crippen LogP contribution in [0.4, 0.5) is 4.79 Å². The summed E-state index contributed by atoms with van der Waals surface area (Å²) in [6, 6.07) is -0.0123. The van der Waals surface area contributed by atoms with Crippen LogP contribution in [0.2, 0.25) is 0 Å². The molecule has 0 aromatic rings. The summed E-state index contributed by atoms with van der Waals surface area (Å²) in [5.41, 5.74) is 5.58. The Balaban J connectivity index is 1.64. The average molecular weight is 279 g/mol. The maximum absolute atomic E-state index is 12.4. The number of urea groups is 1. The summed E-state index contributed by atoms with van der Waals surface area (Å²) in [5.74, 6) is 2.57. The number of carbonyl (C=O) groups is 1. The van der Waals surface area contributed by atoms with Gasteiger partial charge in [0.05, 0.1) is 5.54 Å². The molecule has 0 aromatic carbocycles. The number of amides is 2. The van der Waals surface area contributed by atoms with Gasteiger partial charge >= 0.3 is 6.03 Å². The third-order valence-corrected chi connectivity index (χ3v) is 6.06. The van der Waals surface area contributed by atoms with Gasteiger partial charge in [0.2, 0.25) is 0 Å². The summed E-state index contributed by atoms with van der Waals surface area (Å²) in [6.07, 6.45) is 8.64. The molecule has 0 aromatic heterocycles. The molecule has 4 aliphatic carbocycles. The van der Waals surface area contributed by atoms with Gasteiger partial charge in [0, 0.05) is 12.1 Å². The SMILES string of the molecule is CCC(C)(CN)NC(=O)NC12CC3CC(CC(C3)C1)C2. The Hall–Kier alpha value is -0.770. The van der Waals surface area contributed by atoms with Gasteiger partial charge in [0.25, 0.3) is 0 Å². The first kappa shape index (κ1) is 14.2. The second kappa shape index (κ2) is 4.90. The van der Waals surface area contributed by atoms with Crippen molar-refractivity contribution in [1.82, 2.24) is 10.6 Å². The molecule has 4 nitrogen and oxygen atoms in total. The molecule has 2 amide bonds. The van der Waals surface area contributed by atoms with E-state index >= 15 is 0 Å². The summed E-state index contributed by atoms with van der Waals surface area (Å²) in [7, 11) is 0. The van der Waals surface area contributed by atoms with Gasteiger partial charge in [-0.25, -0.2) is 4.79 Å². The Morgan fingerprint density at radius 3 is 2.10 bits per heavy atom. The lowest BCUT2D eigenvalue weighted by atomic mass is 9.53. The molecule has 0 heterocycles. The summed E-state index contributed by atoms with van der Waals surface area (Å²) < 4.78 is 0. The van der Waals surface area contributed by atoms with E-state index in [4.69, 9.17) is 5.73 Å². The average Bonchev–Trinajstić information content (AvgIpc) is 2.36. The molecule has 4 N–H and O–H groups in total. The zero-order valence-corrected chi connectivity index (χ0v) is 12.9. The van der Waals surface area contributed by atoms with Crippen LogP contribution in [0.3, 0.4) is 0 Å². The zero-order valence-electron chi connectivity index (χ0n) is 12.9. The van der Waals surface area contributed by atoms with E-state index in [2.05, 4.69) is 17.6 Å². The monoisotopic (exact) mass is 279 g/mol. The molecule has 114 valence electrons. The zero-order chi connectivity index (χ0) is 14.4. The van der Waals surface area contributed by atoms with Crippen molar-refractivity contribution >= 4 is 6.03 Å². The van der Waals surface area contributed by atoms with Gasteiger partial charge in [-0.05, 0) is 69.6 Å². The van der Waals surface area contributed by atoms with Crippen LogP contribution in [0.1, 0.15) is 58.8 Å². The second-order valence-electron chi connectivity index (χ2n) is 7.90. The largest absolute Gasteiger partial charge is 0.333 e. The van der Waals surface area contributed by atoms with Crippen molar-refractivity contribution in [1.29, 1.82) is 0 Å². The van der Waals surface area contributed by atoms with Crippen LogP contribution >= 0.6 is 0 Å². The smallest absolute Gasteiger partial charge is 0.315 e. The first-order chi connectivity index (χ1) is 9.46. The Labute approximate surface area is 122 Å². The first-order valence-electron chi connectivity index (χ1n) is 8.26. The number of nitrogens with one attached hydrogen (secondary N) is 2. The molecule has 0 aliphatic heterocycles. The number of rotatable bonds is 4. The third kappa shape index (κ3) is 2.54. The molecule has 4 rings (SSSR count). The highest BCUT2D eigenvalue weighted by molar-refractivity contribution is 5.75. The van der Waals surface area contributed by atoms with E-state index in [1.807, 2.05) is 6.92 Å². The van der Waals surface area contributed by atoms with Crippen LogP contribution in [0, 0.1) is 17.8 Å². The van der Waals surface area contributed by atoms with Crippen LogP contribution in [0.15, 0.2) is 0 Å². The molecule has 4 fully saturated rings. The summed E-state index contributed by atoms with van der Waals surface area (Å²) in [5, 5.41) is 6.44. The fraction of sp³-hybridized carbons (Fsp3) is 0.938. The van der Waals surface area contributed by atoms with Crippen molar-refractivity contribution in [3.63, 3.8) is 0 Å². The lowest BCUT2D eigenvalue weighted by Crippen LogP contribution is -2.64. The van der Waals surface area contributed by atoms with Gasteiger partial charge in [-0.15, -0.1) is 0 Å². The van der Waals surface area contributed by atoms with Crippen LogP contribution in [0.25, 0.3) is 0 Å². The molecular weight excluding hydrogens is 250 g/mol. The van der Waals surface area contributed by atoms with E-state index < -0.39 is 0 Å². The molecular formula is C16H29N3O. The first-order valence-corrected chi connectivity index (χ1v) is 8.26. The van der Waals surface area contributed by atoms with E-state index in [9.17, 15) is 4.79 Å². The lowest BCUT2D eigenvalue weighted by molar-refractivity contribution is -0.0139. The van der Waals surface area contributed by atoms with E-state index in [0.717, 1.165) is 24.2 Å². The van der Waals surface area contributed by atoms with Crippen molar-refractivity contribution in [2.75, 3.05) is 6.54 Å². The van der Waals surface area contributed by atoms with E-state index in [1.54, 1.807) is 0 Å². The number of carbonyl (C=O) groups excluding carboxylic acids is 1. The topological polar surface area (TPSA) is 67.1 Å². The summed E-state index contributed by atoms with van der Waals surface area (Å²) >= 11 is 0. The molecule has 4 saturated carbocycles. The molecule has 0 radical (unpaired) electrons. The van der Waals surface area contributed by atoms with Gasteiger partial charge in [-0.1, -0.05) is 6.92 Å². The number of nitrogens with two attached hydrogens (primary N) is 1. The van der Waals surface area contributed by atoms with Crippen LogP contribution < -0.4 is 16.4 Å². The van der Waals surface area contributed by atoms with Crippen LogP contribution in [-0.4, -0.2) is 23.7 Å². The lowest BCUT2D eigenvalue weighted by Gasteiger charge is -2.57. The molecule has 20 heavy (non-hydrogen) atoms. The van der Waals surface area contributed by atoms with Crippen molar-refractivity contribution in [2.24, 2.45) is 23.5 Å². The normalized spacial score (nSPS) is 41.2. The van der Waals surface area contributed by atoms with Crippen molar-refractivity contribution < 1.29 is 4.79 Å². The minimum atomic E-state index is -0.285. The number of hydrogen-bond acceptors (Lipinski definition) is 2. The third-order valence-electron chi connectivity index (χ3n) is 6.06. The minimum absolute atomic E-state index is 0.0123. The molecule has 4 aliphatic rings. The fourth-order valence-electron chi connectivity index (χ4n) is 5.09. The highest BCUT2D eigenvalue weighted by atomic mass is 16.2. The van der Waals surface area contributed by atoms with E-state index in [0.29, 0.717) is 6.54 Å². The van der Waals surface area contributed by atoms with Gasteiger partial charge < -0.3 is 16.4 Å². The Morgan fingerprint density at radius 2 is 1.70 bits per heavy atom. The number of hydrogen-bond donors (Lipinski definition) is 3. The Bertz CT molecular complexity index is 354.